The van der Waals surface area contributed by atoms with Crippen molar-refractivity contribution >= 4 is 15.2 Å². The lowest BCUT2D eigenvalue weighted by molar-refractivity contribution is -0.385. The highest BCUT2D eigenvalue weighted by molar-refractivity contribution is 7.09. The van der Waals surface area contributed by atoms with Crippen LogP contribution in [0.2, 0.25) is 0 Å². The lowest BCUT2D eigenvalue weighted by Crippen LogP contribution is -2.27. The van der Waals surface area contributed by atoms with Gasteiger partial charge in [0.15, 0.2) is 5.79 Å². The smallest absolute Gasteiger partial charge is 0.309 e. The highest BCUT2D eigenvalue weighted by Crippen LogP contribution is 2.30. The number of nitro benzene ring substituents is 1. The standard InChI is InChI=1S/C9H12NO7P/c1-8(11,12)5-2-6(9(13,14)17-18)4-7(3-5)10(15)16/h2-4,11-14H,18H2,1H3. The molecule has 1 aromatic carbocycles. The van der Waals surface area contributed by atoms with E-state index >= 15 is 0 Å². The van der Waals surface area contributed by atoms with E-state index in [1.165, 1.54) is 0 Å². The number of rotatable bonds is 4. The summed E-state index contributed by atoms with van der Waals surface area (Å²) in [5.74, 6) is -5.16. The molecule has 0 aliphatic heterocycles. The SMILES string of the molecule is CC(O)(O)c1cc([N+](=O)[O-])cc(C(O)(O)OP)c1. The summed E-state index contributed by atoms with van der Waals surface area (Å²) in [6, 6.07) is 2.72. The largest absolute Gasteiger partial charge is 0.362 e. The number of benzene rings is 1. The molecule has 1 aromatic rings. The molecule has 18 heavy (non-hydrogen) atoms. The monoisotopic (exact) mass is 277 g/mol. The van der Waals surface area contributed by atoms with Crippen molar-refractivity contribution in [2.24, 2.45) is 0 Å². The van der Waals surface area contributed by atoms with Crippen molar-refractivity contribution in [3.8, 4) is 0 Å². The van der Waals surface area contributed by atoms with Gasteiger partial charge in [-0.3, -0.25) is 10.1 Å². The molecule has 0 heterocycles. The zero-order valence-corrected chi connectivity index (χ0v) is 10.4. The summed E-state index contributed by atoms with van der Waals surface area (Å²) in [4.78, 5) is 9.87. The molecule has 0 amide bonds. The molecule has 0 aliphatic carbocycles. The fraction of sp³-hybridized carbons (Fsp3) is 0.333. The Kier molecular flexibility index (Phi) is 4.02. The predicted molar refractivity (Wildman–Crippen MR) is 61.8 cm³/mol. The van der Waals surface area contributed by atoms with Gasteiger partial charge in [0.25, 0.3) is 5.69 Å². The second-order valence-corrected chi connectivity index (χ2v) is 4.01. The second-order valence-electron chi connectivity index (χ2n) is 3.77. The molecule has 0 fully saturated rings. The lowest BCUT2D eigenvalue weighted by Gasteiger charge is -2.22. The van der Waals surface area contributed by atoms with Gasteiger partial charge in [-0.05, 0) is 13.0 Å². The van der Waals surface area contributed by atoms with Gasteiger partial charge in [-0.15, -0.1) is 0 Å². The third kappa shape index (κ3) is 3.20. The van der Waals surface area contributed by atoms with E-state index in [4.69, 9.17) is 0 Å². The van der Waals surface area contributed by atoms with Crippen molar-refractivity contribution in [1.29, 1.82) is 0 Å². The molecule has 0 aliphatic rings. The van der Waals surface area contributed by atoms with Crippen LogP contribution in [0.1, 0.15) is 18.1 Å². The molecule has 1 rings (SSSR count). The first-order valence-corrected chi connectivity index (χ1v) is 5.13. The van der Waals surface area contributed by atoms with Crippen LogP contribution in [-0.2, 0) is 16.3 Å². The predicted octanol–water partition coefficient (Wildman–Crippen LogP) is -0.346. The van der Waals surface area contributed by atoms with E-state index < -0.39 is 27.9 Å². The Morgan fingerprint density at radius 1 is 1.22 bits per heavy atom. The summed E-state index contributed by atoms with van der Waals surface area (Å²) < 4.78 is 4.27. The molecular formula is C9H12NO7P. The summed E-state index contributed by atoms with van der Waals surface area (Å²) in [5, 5.41) is 48.3. The van der Waals surface area contributed by atoms with Crippen molar-refractivity contribution in [2.75, 3.05) is 0 Å². The number of aliphatic hydroxyl groups is 4. The molecule has 9 heteroatoms. The van der Waals surface area contributed by atoms with E-state index in [0.29, 0.717) is 0 Å². The third-order valence-electron chi connectivity index (χ3n) is 2.22. The van der Waals surface area contributed by atoms with Crippen LogP contribution in [0.5, 0.6) is 0 Å². The number of nitro groups is 1. The van der Waals surface area contributed by atoms with E-state index in [-0.39, 0.29) is 5.56 Å². The topological polar surface area (TPSA) is 133 Å². The Bertz CT molecular complexity index is 468. The van der Waals surface area contributed by atoms with Crippen LogP contribution in [0.15, 0.2) is 18.2 Å². The highest BCUT2D eigenvalue weighted by atomic mass is 31.0. The van der Waals surface area contributed by atoms with Crippen molar-refractivity contribution in [2.45, 2.75) is 18.7 Å². The Morgan fingerprint density at radius 2 is 1.72 bits per heavy atom. The van der Waals surface area contributed by atoms with E-state index in [0.717, 1.165) is 25.1 Å². The van der Waals surface area contributed by atoms with Crippen LogP contribution in [0.25, 0.3) is 0 Å². The number of hydrogen-bond acceptors (Lipinski definition) is 7. The maximum absolute atomic E-state index is 10.7. The molecule has 1 atom stereocenters. The van der Waals surface area contributed by atoms with Crippen molar-refractivity contribution in [1.82, 2.24) is 0 Å². The molecule has 100 valence electrons. The van der Waals surface area contributed by atoms with Crippen LogP contribution in [-0.4, -0.2) is 25.3 Å². The molecule has 4 N–H and O–H groups in total. The number of hydrogen-bond donors (Lipinski definition) is 4. The van der Waals surface area contributed by atoms with Gasteiger partial charge in [0.05, 0.1) is 4.92 Å². The molecule has 0 bridgehead atoms. The Balaban J connectivity index is 3.46. The number of nitrogens with zero attached hydrogens (tertiary/aromatic N) is 1. The van der Waals surface area contributed by atoms with E-state index in [1.807, 2.05) is 0 Å². The first kappa shape index (κ1) is 14.9. The fourth-order valence-corrected chi connectivity index (χ4v) is 1.38. The Hall–Kier alpha value is -1.15. The number of non-ortho nitro benzene ring substituents is 1. The van der Waals surface area contributed by atoms with Crippen LogP contribution in [0.4, 0.5) is 5.69 Å². The summed E-state index contributed by atoms with van der Waals surface area (Å²) >= 11 is 0. The normalized spacial score (nSPS) is 12.6. The van der Waals surface area contributed by atoms with Crippen LogP contribution in [0.3, 0.4) is 0 Å². The summed E-state index contributed by atoms with van der Waals surface area (Å²) in [7, 11) is 1.59. The van der Waals surface area contributed by atoms with E-state index in [1.54, 1.807) is 9.47 Å². The van der Waals surface area contributed by atoms with Crippen LogP contribution >= 0.6 is 9.47 Å². The first-order valence-electron chi connectivity index (χ1n) is 4.66. The molecule has 0 aromatic heterocycles. The third-order valence-corrected chi connectivity index (χ3v) is 2.54. The molecule has 8 nitrogen and oxygen atoms in total. The Morgan fingerprint density at radius 3 is 2.11 bits per heavy atom. The molecule has 0 spiro atoms. The first-order chi connectivity index (χ1) is 8.08. The van der Waals surface area contributed by atoms with E-state index in [2.05, 4.69) is 4.52 Å². The Labute approximate surface area is 104 Å². The van der Waals surface area contributed by atoms with Gasteiger partial charge in [-0.2, -0.15) is 0 Å². The van der Waals surface area contributed by atoms with Gasteiger partial charge in [0.2, 0.25) is 0 Å². The summed E-state index contributed by atoms with van der Waals surface area (Å²) in [6.45, 7) is 0.980. The second kappa shape index (κ2) is 4.85. The maximum Gasteiger partial charge on any atom is 0.309 e. The van der Waals surface area contributed by atoms with Gasteiger partial charge >= 0.3 is 5.97 Å². The van der Waals surface area contributed by atoms with Crippen LogP contribution in [0, 0.1) is 10.1 Å². The minimum absolute atomic E-state index is 0.277. The minimum atomic E-state index is -2.79. The average molecular weight is 277 g/mol. The fourth-order valence-electron chi connectivity index (χ4n) is 1.25. The summed E-state index contributed by atoms with van der Waals surface area (Å²) in [6.07, 6.45) is 0. The van der Waals surface area contributed by atoms with E-state index in [9.17, 15) is 30.5 Å². The highest BCUT2D eigenvalue weighted by Gasteiger charge is 2.31. The van der Waals surface area contributed by atoms with Crippen molar-refractivity contribution < 1.29 is 29.9 Å². The average Bonchev–Trinajstić information content (AvgIpc) is 2.27. The summed E-state index contributed by atoms with van der Waals surface area (Å²) in [5.41, 5.74) is -1.22. The lowest BCUT2D eigenvalue weighted by atomic mass is 10.0. The minimum Gasteiger partial charge on any atom is -0.362 e. The van der Waals surface area contributed by atoms with Crippen molar-refractivity contribution in [3.63, 3.8) is 0 Å². The quantitative estimate of drug-likeness (QED) is 0.256. The van der Waals surface area contributed by atoms with Gasteiger partial charge < -0.3 is 24.9 Å². The van der Waals surface area contributed by atoms with Gasteiger partial charge in [-0.25, -0.2) is 0 Å². The van der Waals surface area contributed by atoms with Gasteiger partial charge in [-0.1, -0.05) is 0 Å². The molecule has 0 radical (unpaired) electrons. The van der Waals surface area contributed by atoms with Crippen LogP contribution < -0.4 is 0 Å². The van der Waals surface area contributed by atoms with Gasteiger partial charge in [0, 0.05) is 32.7 Å². The van der Waals surface area contributed by atoms with Gasteiger partial charge in [0.1, 0.15) is 0 Å². The zero-order chi connectivity index (χ0) is 14.1. The maximum atomic E-state index is 10.7. The molecule has 0 saturated carbocycles. The molecular weight excluding hydrogens is 265 g/mol. The molecule has 0 saturated heterocycles. The van der Waals surface area contributed by atoms with Crippen molar-refractivity contribution in [3.05, 3.63) is 39.4 Å². The molecule has 1 unspecified atom stereocenters. The zero-order valence-electron chi connectivity index (χ0n) is 9.27.